The van der Waals surface area contributed by atoms with E-state index in [2.05, 4.69) is 9.82 Å². The Hall–Kier alpha value is -1.96. The van der Waals surface area contributed by atoms with Gasteiger partial charge in [0, 0.05) is 39.7 Å². The zero-order valence-electron chi connectivity index (χ0n) is 14.1. The molecule has 0 aliphatic carbocycles. The number of nitrogens with zero attached hydrogens (tertiary/aromatic N) is 5. The zero-order chi connectivity index (χ0) is 17.9. The number of aryl methyl sites for hydroxylation is 2. The van der Waals surface area contributed by atoms with Crippen molar-refractivity contribution < 1.29 is 13.2 Å². The molecule has 0 radical (unpaired) electrons. The van der Waals surface area contributed by atoms with Crippen molar-refractivity contribution in [2.24, 2.45) is 7.05 Å². The van der Waals surface area contributed by atoms with Gasteiger partial charge < -0.3 is 0 Å². The number of anilines is 1. The van der Waals surface area contributed by atoms with Crippen LogP contribution in [0.2, 0.25) is 0 Å². The Balaban J connectivity index is 2.13. The fraction of sp³-hybridized carbons (Fsp3) is 0.643. The second-order valence-electron chi connectivity index (χ2n) is 5.80. The van der Waals surface area contributed by atoms with Crippen molar-refractivity contribution >= 4 is 21.9 Å². The summed E-state index contributed by atoms with van der Waals surface area (Å²) in [6.07, 6.45) is 1.22. The molecule has 1 aliphatic heterocycles. The maximum atomic E-state index is 12.7. The van der Waals surface area contributed by atoms with Crippen LogP contribution in [-0.2, 0) is 22.1 Å². The van der Waals surface area contributed by atoms with E-state index in [1.165, 1.54) is 7.05 Å². The second kappa shape index (κ2) is 7.29. The quantitative estimate of drug-likeness (QED) is 0.767. The number of amides is 1. The Labute approximate surface area is 142 Å². The molecule has 1 saturated heterocycles. The van der Waals surface area contributed by atoms with Gasteiger partial charge in [-0.05, 0) is 19.8 Å². The molecular weight excluding hydrogens is 332 g/mol. The van der Waals surface area contributed by atoms with Crippen molar-refractivity contribution in [1.82, 2.24) is 18.8 Å². The summed E-state index contributed by atoms with van der Waals surface area (Å²) in [6.45, 7) is 2.44. The molecule has 0 unspecified atom stereocenters. The van der Waals surface area contributed by atoms with Crippen molar-refractivity contribution in [3.8, 4) is 6.07 Å². The smallest absolute Gasteiger partial charge is 0.279 e. The maximum Gasteiger partial charge on any atom is 0.279 e. The van der Waals surface area contributed by atoms with Gasteiger partial charge in [0.05, 0.1) is 11.8 Å². The fourth-order valence-electron chi connectivity index (χ4n) is 2.66. The van der Waals surface area contributed by atoms with E-state index in [1.807, 2.05) is 13.0 Å². The van der Waals surface area contributed by atoms with Crippen LogP contribution in [0.4, 0.5) is 5.82 Å². The molecule has 24 heavy (non-hydrogen) atoms. The lowest BCUT2D eigenvalue weighted by Gasteiger charge is -2.32. The molecule has 0 saturated carbocycles. The Kier molecular flexibility index (Phi) is 5.58. The van der Waals surface area contributed by atoms with Crippen LogP contribution in [0.25, 0.3) is 0 Å². The normalized spacial score (nSPS) is 18.9. The third kappa shape index (κ3) is 3.92. The summed E-state index contributed by atoms with van der Waals surface area (Å²) in [7, 11) is -0.680. The number of rotatable bonds is 6. The highest BCUT2D eigenvalue weighted by atomic mass is 32.2. The van der Waals surface area contributed by atoms with Gasteiger partial charge in [-0.2, -0.15) is 27.8 Å². The number of hydrogen-bond acceptors (Lipinski definition) is 5. The predicted molar refractivity (Wildman–Crippen MR) is 88.2 cm³/mol. The topological polar surface area (TPSA) is 111 Å². The number of hydrogen-bond donors (Lipinski definition) is 1. The first-order valence-corrected chi connectivity index (χ1v) is 9.13. The minimum Gasteiger partial charge on any atom is -0.296 e. The van der Waals surface area contributed by atoms with E-state index in [0.717, 1.165) is 10.00 Å². The minimum absolute atomic E-state index is 0.0807. The third-order valence-electron chi connectivity index (χ3n) is 3.93. The lowest BCUT2D eigenvalue weighted by atomic mass is 10.1. The first-order valence-electron chi connectivity index (χ1n) is 7.69. The minimum atomic E-state index is -3.81. The van der Waals surface area contributed by atoms with E-state index in [0.29, 0.717) is 25.2 Å². The van der Waals surface area contributed by atoms with E-state index in [4.69, 9.17) is 5.26 Å². The van der Waals surface area contributed by atoms with Gasteiger partial charge in [-0.3, -0.25) is 14.4 Å². The highest BCUT2D eigenvalue weighted by molar-refractivity contribution is 7.87. The summed E-state index contributed by atoms with van der Waals surface area (Å²) >= 11 is 0. The lowest BCUT2D eigenvalue weighted by molar-refractivity contribution is -0.121. The van der Waals surface area contributed by atoms with Gasteiger partial charge in [0.15, 0.2) is 0 Å². The average Bonchev–Trinajstić information content (AvgIpc) is 2.85. The van der Waals surface area contributed by atoms with Gasteiger partial charge in [-0.15, -0.1) is 0 Å². The van der Waals surface area contributed by atoms with Crippen LogP contribution >= 0.6 is 0 Å². The molecule has 2 rings (SSSR count). The second-order valence-corrected chi connectivity index (χ2v) is 7.61. The molecule has 1 amide bonds. The van der Waals surface area contributed by atoms with Crippen LogP contribution < -0.4 is 9.62 Å². The molecule has 1 fully saturated rings. The molecule has 1 aliphatic rings. The summed E-state index contributed by atoms with van der Waals surface area (Å²) in [4.78, 5) is 14.3. The molecule has 1 atom stereocenters. The predicted octanol–water partition coefficient (Wildman–Crippen LogP) is -0.0962. The van der Waals surface area contributed by atoms with Gasteiger partial charge in [0.2, 0.25) is 5.91 Å². The molecule has 1 aromatic heterocycles. The number of carbonyl (C=O) groups is 1. The largest absolute Gasteiger partial charge is 0.296 e. The van der Waals surface area contributed by atoms with Crippen molar-refractivity contribution in [2.75, 3.05) is 25.0 Å². The van der Waals surface area contributed by atoms with E-state index in [-0.39, 0.29) is 18.9 Å². The summed E-state index contributed by atoms with van der Waals surface area (Å²) in [6, 6.07) is 2.88. The number of piperidine rings is 1. The van der Waals surface area contributed by atoms with Crippen LogP contribution in [0.1, 0.15) is 25.0 Å². The van der Waals surface area contributed by atoms with Crippen LogP contribution in [0.15, 0.2) is 6.07 Å². The molecule has 1 N–H and O–H groups in total. The van der Waals surface area contributed by atoms with E-state index < -0.39 is 16.3 Å². The Morgan fingerprint density at radius 2 is 2.25 bits per heavy atom. The van der Waals surface area contributed by atoms with Gasteiger partial charge in [0.25, 0.3) is 10.2 Å². The zero-order valence-corrected chi connectivity index (χ0v) is 14.9. The molecule has 2 heterocycles. The average molecular weight is 354 g/mol. The van der Waals surface area contributed by atoms with Gasteiger partial charge in [0.1, 0.15) is 11.9 Å². The Morgan fingerprint density at radius 3 is 2.83 bits per heavy atom. The van der Waals surface area contributed by atoms with Gasteiger partial charge >= 0.3 is 0 Å². The lowest BCUT2D eigenvalue weighted by Crippen LogP contribution is -2.55. The molecule has 10 heteroatoms. The number of nitrogens with one attached hydrogen (secondary N) is 1. The van der Waals surface area contributed by atoms with Crippen molar-refractivity contribution in [3.05, 3.63) is 11.8 Å². The Bertz CT molecular complexity index is 751. The van der Waals surface area contributed by atoms with Crippen molar-refractivity contribution in [1.29, 1.82) is 5.26 Å². The van der Waals surface area contributed by atoms with Crippen LogP contribution in [-0.4, -0.2) is 54.6 Å². The summed E-state index contributed by atoms with van der Waals surface area (Å²) in [5.74, 6) is 0.362. The molecular formula is C14H22N6O3S. The van der Waals surface area contributed by atoms with Crippen LogP contribution in [0.5, 0.6) is 0 Å². The number of nitriles is 1. The number of aromatic nitrogens is 2. The summed E-state index contributed by atoms with van der Waals surface area (Å²) in [5.41, 5.74) is 0.791. The summed E-state index contributed by atoms with van der Waals surface area (Å²) in [5, 5.41) is 12.8. The molecule has 0 bridgehead atoms. The van der Waals surface area contributed by atoms with E-state index in [9.17, 15) is 13.2 Å². The first kappa shape index (κ1) is 18.4. The Morgan fingerprint density at radius 1 is 1.54 bits per heavy atom. The van der Waals surface area contributed by atoms with Gasteiger partial charge in [-0.1, -0.05) is 0 Å². The van der Waals surface area contributed by atoms with Crippen LogP contribution in [0, 0.1) is 18.3 Å². The fourth-order valence-corrected chi connectivity index (χ4v) is 3.75. The van der Waals surface area contributed by atoms with Crippen molar-refractivity contribution in [2.45, 2.75) is 32.2 Å². The monoisotopic (exact) mass is 354 g/mol. The highest BCUT2D eigenvalue weighted by Crippen LogP contribution is 2.22. The molecule has 132 valence electrons. The number of carbonyl (C=O) groups excluding carboxylic acids is 1. The molecule has 1 aromatic rings. The molecule has 0 spiro atoms. The van der Waals surface area contributed by atoms with E-state index >= 15 is 0 Å². The third-order valence-corrected chi connectivity index (χ3v) is 5.52. The molecule has 0 aromatic carbocycles. The SMILES string of the molecule is Cc1cc(N2CCC[C@H](NS(=O)(=O)N(C)CCC#N)C2=O)n(C)n1. The summed E-state index contributed by atoms with van der Waals surface area (Å²) < 4.78 is 29.7. The van der Waals surface area contributed by atoms with Crippen LogP contribution in [0.3, 0.4) is 0 Å². The maximum absolute atomic E-state index is 12.7. The first-order chi connectivity index (χ1) is 11.3. The van der Waals surface area contributed by atoms with Gasteiger partial charge in [-0.25, -0.2) is 0 Å². The molecule has 9 nitrogen and oxygen atoms in total. The van der Waals surface area contributed by atoms with E-state index in [1.54, 1.807) is 22.7 Å². The van der Waals surface area contributed by atoms with Crippen molar-refractivity contribution in [3.63, 3.8) is 0 Å². The standard InChI is InChI=1S/C14H22N6O3S/c1-11-10-13(19(3)16-11)20-9-4-6-12(14(20)21)17-24(22,23)18(2)8-5-7-15/h10,12,17H,4-6,8-9H2,1-3H3/t12-/m0/s1. The highest BCUT2D eigenvalue weighted by Gasteiger charge is 2.34.